The molecule has 6 nitrogen and oxygen atoms in total. The third-order valence-electron chi connectivity index (χ3n) is 6.11. The SMILES string of the molecule is Cc1cnc(C2CCNN2)c2nc(N3CCOC[C@H]3C)cc(-c3cccc(F)c3F)c12. The van der Waals surface area contributed by atoms with Gasteiger partial charge in [-0.25, -0.2) is 19.2 Å². The lowest BCUT2D eigenvalue weighted by Crippen LogP contribution is -2.44. The molecule has 0 aliphatic carbocycles. The van der Waals surface area contributed by atoms with E-state index in [1.807, 2.05) is 13.0 Å². The molecule has 0 spiro atoms. The van der Waals surface area contributed by atoms with Crippen LogP contribution in [0.25, 0.3) is 22.0 Å². The van der Waals surface area contributed by atoms with Gasteiger partial charge < -0.3 is 9.64 Å². The van der Waals surface area contributed by atoms with Crippen LogP contribution < -0.4 is 15.8 Å². The molecule has 2 N–H and O–H groups in total. The number of hydrazine groups is 1. The second kappa shape index (κ2) is 8.11. The molecular weight excluding hydrogens is 400 g/mol. The first-order valence-electron chi connectivity index (χ1n) is 10.6. The van der Waals surface area contributed by atoms with Crippen molar-refractivity contribution in [1.82, 2.24) is 20.8 Å². The number of anilines is 1. The van der Waals surface area contributed by atoms with E-state index >= 15 is 0 Å². The van der Waals surface area contributed by atoms with E-state index in [2.05, 4.69) is 22.7 Å². The molecule has 1 unspecified atom stereocenters. The normalized spacial score (nSPS) is 21.7. The van der Waals surface area contributed by atoms with Crippen molar-refractivity contribution >= 4 is 16.7 Å². The second-order valence-corrected chi connectivity index (χ2v) is 8.21. The number of pyridine rings is 2. The molecule has 2 aromatic heterocycles. The first-order valence-corrected chi connectivity index (χ1v) is 10.6. The molecule has 2 fully saturated rings. The van der Waals surface area contributed by atoms with Gasteiger partial charge in [0.05, 0.1) is 36.5 Å². The number of nitrogens with zero attached hydrogens (tertiary/aromatic N) is 3. The second-order valence-electron chi connectivity index (χ2n) is 8.21. The maximum atomic E-state index is 14.9. The lowest BCUT2D eigenvalue weighted by molar-refractivity contribution is 0.0986. The minimum absolute atomic E-state index is 0.00170. The first kappa shape index (κ1) is 20.2. The number of halogens is 2. The van der Waals surface area contributed by atoms with Crippen molar-refractivity contribution in [2.75, 3.05) is 31.2 Å². The molecule has 0 saturated carbocycles. The van der Waals surface area contributed by atoms with Gasteiger partial charge >= 0.3 is 0 Å². The summed E-state index contributed by atoms with van der Waals surface area (Å²) < 4.78 is 34.7. The van der Waals surface area contributed by atoms with Gasteiger partial charge in [0.15, 0.2) is 11.6 Å². The van der Waals surface area contributed by atoms with Crippen molar-refractivity contribution < 1.29 is 13.5 Å². The number of benzene rings is 1. The number of morpholine rings is 1. The van der Waals surface area contributed by atoms with Gasteiger partial charge in [-0.1, -0.05) is 12.1 Å². The molecule has 1 aromatic carbocycles. The summed E-state index contributed by atoms with van der Waals surface area (Å²) in [5.74, 6) is -0.992. The van der Waals surface area contributed by atoms with Crippen LogP contribution in [0.4, 0.5) is 14.6 Å². The summed E-state index contributed by atoms with van der Waals surface area (Å²) >= 11 is 0. The molecule has 0 amide bonds. The van der Waals surface area contributed by atoms with Gasteiger partial charge in [-0.3, -0.25) is 10.4 Å². The predicted molar refractivity (Wildman–Crippen MR) is 116 cm³/mol. The van der Waals surface area contributed by atoms with Gasteiger partial charge in [0, 0.05) is 30.2 Å². The molecule has 8 heteroatoms. The standard InChI is InChI=1S/C23H25F2N5O/c1-13-11-26-22(18-6-7-27-29-18)23-20(13)16(15-4-3-5-17(24)21(15)25)10-19(28-23)30-8-9-31-12-14(30)2/h3-5,10-11,14,18,27,29H,6-9,12H2,1-2H3/t14-,18?/m1/s1. The average Bonchev–Trinajstić information content (AvgIpc) is 3.30. The number of aromatic nitrogens is 2. The summed E-state index contributed by atoms with van der Waals surface area (Å²) in [7, 11) is 0. The minimum Gasteiger partial charge on any atom is -0.377 e. The van der Waals surface area contributed by atoms with Gasteiger partial charge in [-0.05, 0) is 43.5 Å². The molecule has 2 atom stereocenters. The average molecular weight is 425 g/mol. The van der Waals surface area contributed by atoms with Crippen molar-refractivity contribution in [3.05, 3.63) is 53.4 Å². The van der Waals surface area contributed by atoms with Crippen molar-refractivity contribution in [3.8, 4) is 11.1 Å². The van der Waals surface area contributed by atoms with Gasteiger partial charge in [0.2, 0.25) is 0 Å². The Balaban J connectivity index is 1.81. The van der Waals surface area contributed by atoms with Crippen LogP contribution in [0.5, 0.6) is 0 Å². The van der Waals surface area contributed by atoms with Crippen LogP contribution in [0.15, 0.2) is 30.5 Å². The van der Waals surface area contributed by atoms with Crippen LogP contribution >= 0.6 is 0 Å². The minimum atomic E-state index is -0.864. The Morgan fingerprint density at radius 1 is 1.23 bits per heavy atom. The van der Waals surface area contributed by atoms with Crippen molar-refractivity contribution in [2.24, 2.45) is 0 Å². The predicted octanol–water partition coefficient (Wildman–Crippen LogP) is 3.65. The van der Waals surface area contributed by atoms with Gasteiger partial charge in [-0.2, -0.15) is 0 Å². The van der Waals surface area contributed by atoms with Crippen LogP contribution in [0.1, 0.15) is 30.6 Å². The molecule has 31 heavy (non-hydrogen) atoms. The summed E-state index contributed by atoms with van der Waals surface area (Å²) in [6.07, 6.45) is 2.66. The number of aryl methyl sites for hydroxylation is 1. The van der Waals surface area contributed by atoms with E-state index in [1.54, 1.807) is 12.3 Å². The molecule has 0 radical (unpaired) electrons. The van der Waals surface area contributed by atoms with Crippen molar-refractivity contribution in [3.63, 3.8) is 0 Å². The highest BCUT2D eigenvalue weighted by Crippen LogP contribution is 2.38. The van der Waals surface area contributed by atoms with Crippen LogP contribution in [0, 0.1) is 18.6 Å². The van der Waals surface area contributed by atoms with E-state index in [0.29, 0.717) is 25.3 Å². The molecule has 162 valence electrons. The third-order valence-corrected chi connectivity index (χ3v) is 6.11. The lowest BCUT2D eigenvalue weighted by atomic mass is 9.95. The fourth-order valence-electron chi connectivity index (χ4n) is 4.49. The number of nitrogens with one attached hydrogen (secondary N) is 2. The van der Waals surface area contributed by atoms with Crippen molar-refractivity contribution in [1.29, 1.82) is 0 Å². The Bertz CT molecular complexity index is 1130. The zero-order chi connectivity index (χ0) is 21.5. The highest BCUT2D eigenvalue weighted by molar-refractivity contribution is 5.99. The lowest BCUT2D eigenvalue weighted by Gasteiger charge is -2.35. The topological polar surface area (TPSA) is 62.3 Å². The number of ether oxygens (including phenoxy) is 1. The zero-order valence-corrected chi connectivity index (χ0v) is 17.6. The highest BCUT2D eigenvalue weighted by atomic mass is 19.2. The Kier molecular flexibility index (Phi) is 5.29. The molecule has 3 aromatic rings. The monoisotopic (exact) mass is 425 g/mol. The summed E-state index contributed by atoms with van der Waals surface area (Å²) in [5, 5.41) is 0.799. The quantitative estimate of drug-likeness (QED) is 0.668. The summed E-state index contributed by atoms with van der Waals surface area (Å²) in [5.41, 5.74) is 9.65. The fraction of sp³-hybridized carbons (Fsp3) is 0.391. The molecule has 2 aliphatic rings. The number of fused-ring (bicyclic) bond motifs is 1. The Hall–Kier alpha value is -2.68. The van der Waals surface area contributed by atoms with Gasteiger partial charge in [0.1, 0.15) is 5.82 Å². The first-order chi connectivity index (χ1) is 15.0. The maximum absolute atomic E-state index is 14.9. The third kappa shape index (κ3) is 3.54. The van der Waals surface area contributed by atoms with E-state index in [0.717, 1.165) is 47.0 Å². The molecule has 2 saturated heterocycles. The summed E-state index contributed by atoms with van der Waals surface area (Å²) in [4.78, 5) is 11.9. The zero-order valence-electron chi connectivity index (χ0n) is 17.6. The fourth-order valence-corrected chi connectivity index (χ4v) is 4.49. The summed E-state index contributed by atoms with van der Waals surface area (Å²) in [6.45, 7) is 6.71. The number of hydrogen-bond donors (Lipinski definition) is 2. The van der Waals surface area contributed by atoms with E-state index in [9.17, 15) is 8.78 Å². The van der Waals surface area contributed by atoms with Crippen LogP contribution in [-0.2, 0) is 4.74 Å². The molecule has 4 heterocycles. The van der Waals surface area contributed by atoms with Crippen LogP contribution in [0.3, 0.4) is 0 Å². The largest absolute Gasteiger partial charge is 0.377 e. The smallest absolute Gasteiger partial charge is 0.166 e. The van der Waals surface area contributed by atoms with Crippen LogP contribution in [0.2, 0.25) is 0 Å². The summed E-state index contributed by atoms with van der Waals surface area (Å²) in [6, 6.07) is 6.29. The highest BCUT2D eigenvalue weighted by Gasteiger charge is 2.27. The van der Waals surface area contributed by atoms with E-state index < -0.39 is 11.6 Å². The Labute approximate surface area is 179 Å². The maximum Gasteiger partial charge on any atom is 0.166 e. The molecule has 5 rings (SSSR count). The number of rotatable bonds is 3. The Morgan fingerprint density at radius 2 is 2.10 bits per heavy atom. The van der Waals surface area contributed by atoms with E-state index in [4.69, 9.17) is 14.7 Å². The Morgan fingerprint density at radius 3 is 2.87 bits per heavy atom. The molecular formula is C23H25F2N5O. The van der Waals surface area contributed by atoms with E-state index in [1.165, 1.54) is 6.07 Å². The van der Waals surface area contributed by atoms with Crippen LogP contribution in [-0.4, -0.2) is 42.3 Å². The molecule has 0 bridgehead atoms. The van der Waals surface area contributed by atoms with E-state index in [-0.39, 0.29) is 17.6 Å². The molecule has 2 aliphatic heterocycles. The van der Waals surface area contributed by atoms with Gasteiger partial charge in [-0.15, -0.1) is 0 Å². The van der Waals surface area contributed by atoms with Crippen molar-refractivity contribution in [2.45, 2.75) is 32.4 Å². The van der Waals surface area contributed by atoms with Gasteiger partial charge in [0.25, 0.3) is 0 Å². The number of hydrogen-bond acceptors (Lipinski definition) is 6.